The molecule has 5 aliphatic rings. The Kier molecular flexibility index (Phi) is 7.79. The fourth-order valence-electron chi connectivity index (χ4n) is 12.0. The van der Waals surface area contributed by atoms with Gasteiger partial charge in [0.05, 0.1) is 0 Å². The van der Waals surface area contributed by atoms with Gasteiger partial charge >= 0.3 is 0 Å². The Hall–Kier alpha value is -5.66. The number of nitrogens with zero attached hydrogens (tertiary/aromatic N) is 1. The highest BCUT2D eigenvalue weighted by atomic mass is 15.1. The molecular weight excluding hydrogens is 675 g/mol. The fraction of sp³-hybridized carbons (Fsp3) is 0.236. The molecule has 0 heterocycles. The molecule has 4 bridgehead atoms. The minimum atomic E-state index is -0.134. The molecule has 1 heteroatoms. The average molecular weight is 724 g/mol. The van der Waals surface area contributed by atoms with Crippen molar-refractivity contribution >= 4 is 17.1 Å². The predicted molar refractivity (Wildman–Crippen MR) is 235 cm³/mol. The molecule has 0 unspecified atom stereocenters. The fourth-order valence-corrected chi connectivity index (χ4v) is 12.0. The van der Waals surface area contributed by atoms with Gasteiger partial charge in [0.15, 0.2) is 0 Å². The zero-order valence-electron chi connectivity index (χ0n) is 32.6. The number of anilines is 3. The van der Waals surface area contributed by atoms with E-state index >= 15 is 0 Å². The highest BCUT2D eigenvalue weighted by Gasteiger charge is 2.51. The molecular formula is C55H49N. The summed E-state index contributed by atoms with van der Waals surface area (Å²) < 4.78 is 0. The van der Waals surface area contributed by atoms with E-state index in [1.54, 1.807) is 5.56 Å². The van der Waals surface area contributed by atoms with E-state index in [4.69, 9.17) is 0 Å². The first kappa shape index (κ1) is 33.7. The van der Waals surface area contributed by atoms with E-state index in [-0.39, 0.29) is 5.41 Å². The van der Waals surface area contributed by atoms with Gasteiger partial charge in [0.2, 0.25) is 0 Å². The van der Waals surface area contributed by atoms with Crippen LogP contribution in [0.5, 0.6) is 0 Å². The Morgan fingerprint density at radius 2 is 0.893 bits per heavy atom. The Balaban J connectivity index is 1.02. The van der Waals surface area contributed by atoms with E-state index < -0.39 is 0 Å². The van der Waals surface area contributed by atoms with Crippen molar-refractivity contribution in [2.24, 2.45) is 17.8 Å². The minimum absolute atomic E-state index is 0.134. The molecule has 274 valence electrons. The molecule has 0 aromatic heterocycles. The lowest BCUT2D eigenvalue weighted by Crippen LogP contribution is -2.48. The lowest BCUT2D eigenvalue weighted by atomic mass is 9.48. The average Bonchev–Trinajstić information content (AvgIpc) is 3.47. The van der Waals surface area contributed by atoms with Crippen LogP contribution in [-0.4, -0.2) is 0 Å². The van der Waals surface area contributed by atoms with Crippen LogP contribution in [0.25, 0.3) is 44.5 Å². The van der Waals surface area contributed by atoms with E-state index in [1.807, 2.05) is 0 Å². The molecule has 0 aliphatic heterocycles. The van der Waals surface area contributed by atoms with Crippen LogP contribution in [0, 0.1) is 17.8 Å². The highest BCUT2D eigenvalue weighted by Crippen LogP contribution is 2.61. The first-order valence-electron chi connectivity index (χ1n) is 20.9. The minimum Gasteiger partial charge on any atom is -0.310 e. The van der Waals surface area contributed by atoms with E-state index in [2.05, 4.69) is 189 Å². The number of hydrogen-bond acceptors (Lipinski definition) is 1. The van der Waals surface area contributed by atoms with Crippen molar-refractivity contribution in [3.05, 3.63) is 187 Å². The van der Waals surface area contributed by atoms with Gasteiger partial charge in [0.1, 0.15) is 0 Å². The van der Waals surface area contributed by atoms with Crippen molar-refractivity contribution < 1.29 is 0 Å². The summed E-state index contributed by atoms with van der Waals surface area (Å²) in [6.07, 6.45) is 8.59. The monoisotopic (exact) mass is 723 g/mol. The first-order chi connectivity index (χ1) is 27.4. The van der Waals surface area contributed by atoms with Crippen LogP contribution in [-0.2, 0) is 10.8 Å². The Labute approximate surface area is 332 Å². The maximum absolute atomic E-state index is 2.50. The third-order valence-electron chi connectivity index (χ3n) is 14.3. The standard InChI is InChI=1S/C55H49N/c1-54(2)51-19-11-18-49(41-14-7-4-8-15-41)53(51)50-29-28-46(33-52(50)54)56(45-26-22-43(23-27-45)55-34-37-30-38(35-55)32-39(31-37)36-55)44-24-20-42(21-25-44)48-17-10-9-16-47(48)40-12-5-3-6-13-40/h3-29,33,37-39H,30-32,34-36H2,1-2H3. The van der Waals surface area contributed by atoms with Crippen LogP contribution in [0.4, 0.5) is 17.1 Å². The molecule has 56 heavy (non-hydrogen) atoms. The second-order valence-corrected chi connectivity index (χ2v) is 18.0. The van der Waals surface area contributed by atoms with Gasteiger partial charge in [-0.3, -0.25) is 0 Å². The normalized spacial score (nSPS) is 22.4. The molecule has 0 amide bonds. The van der Waals surface area contributed by atoms with Gasteiger partial charge in [0.25, 0.3) is 0 Å². The summed E-state index contributed by atoms with van der Waals surface area (Å²) in [5, 5.41) is 0. The van der Waals surface area contributed by atoms with E-state index in [0.717, 1.165) is 17.8 Å². The van der Waals surface area contributed by atoms with Gasteiger partial charge in [-0.1, -0.05) is 147 Å². The largest absolute Gasteiger partial charge is 0.310 e. The third-order valence-corrected chi connectivity index (χ3v) is 14.3. The van der Waals surface area contributed by atoms with Crippen molar-refractivity contribution in [3.8, 4) is 44.5 Å². The lowest BCUT2D eigenvalue weighted by Gasteiger charge is -2.57. The number of fused-ring (bicyclic) bond motifs is 3. The molecule has 0 saturated heterocycles. The second kappa shape index (κ2) is 13.0. The van der Waals surface area contributed by atoms with E-state index in [9.17, 15) is 0 Å². The lowest BCUT2D eigenvalue weighted by molar-refractivity contribution is -0.00518. The van der Waals surface area contributed by atoms with Gasteiger partial charge in [-0.25, -0.2) is 0 Å². The van der Waals surface area contributed by atoms with Crippen LogP contribution in [0.3, 0.4) is 0 Å². The van der Waals surface area contributed by atoms with Crippen molar-refractivity contribution in [3.63, 3.8) is 0 Å². The second-order valence-electron chi connectivity index (χ2n) is 18.0. The summed E-state index contributed by atoms with van der Waals surface area (Å²) >= 11 is 0. The van der Waals surface area contributed by atoms with Gasteiger partial charge in [-0.2, -0.15) is 0 Å². The van der Waals surface area contributed by atoms with Crippen molar-refractivity contribution in [1.29, 1.82) is 0 Å². The summed E-state index contributed by atoms with van der Waals surface area (Å²) in [4.78, 5) is 2.49. The molecule has 1 nitrogen and oxygen atoms in total. The van der Waals surface area contributed by atoms with Crippen molar-refractivity contribution in [2.75, 3.05) is 4.90 Å². The van der Waals surface area contributed by atoms with Crippen molar-refractivity contribution in [2.45, 2.75) is 63.2 Å². The zero-order chi connectivity index (χ0) is 37.4. The molecule has 0 radical (unpaired) electrons. The zero-order valence-corrected chi connectivity index (χ0v) is 32.6. The van der Waals surface area contributed by atoms with Gasteiger partial charge in [-0.05, 0) is 159 Å². The molecule has 12 rings (SSSR count). The molecule has 0 N–H and O–H groups in total. The first-order valence-corrected chi connectivity index (χ1v) is 20.9. The Morgan fingerprint density at radius 3 is 1.48 bits per heavy atom. The summed E-state index contributed by atoms with van der Waals surface area (Å²) in [7, 11) is 0. The maximum atomic E-state index is 2.50. The SMILES string of the molecule is CC1(C)c2cc(N(c3ccc(-c4ccccc4-c4ccccc4)cc3)c3ccc(C45CC6CC(CC(C6)C4)C5)cc3)ccc2-c2c(-c3ccccc3)cccc21. The maximum Gasteiger partial charge on any atom is 0.0465 e. The molecule has 5 aliphatic carbocycles. The molecule has 7 aromatic rings. The third kappa shape index (κ3) is 5.42. The molecule has 4 saturated carbocycles. The summed E-state index contributed by atoms with van der Waals surface area (Å²) in [5.41, 5.74) is 18.5. The smallest absolute Gasteiger partial charge is 0.0465 e. The number of benzene rings is 7. The van der Waals surface area contributed by atoms with Crippen LogP contribution >= 0.6 is 0 Å². The topological polar surface area (TPSA) is 3.24 Å². The molecule has 7 aromatic carbocycles. The summed E-state index contributed by atoms with van der Waals surface area (Å²) in [5.74, 6) is 2.80. The van der Waals surface area contributed by atoms with Gasteiger partial charge in [-0.15, -0.1) is 0 Å². The van der Waals surface area contributed by atoms with Crippen LogP contribution in [0.2, 0.25) is 0 Å². The predicted octanol–water partition coefficient (Wildman–Crippen LogP) is 14.9. The van der Waals surface area contributed by atoms with E-state index in [0.29, 0.717) is 5.41 Å². The molecule has 4 fully saturated rings. The Morgan fingerprint density at radius 1 is 0.411 bits per heavy atom. The number of rotatable bonds is 7. The van der Waals surface area contributed by atoms with Crippen LogP contribution < -0.4 is 4.90 Å². The van der Waals surface area contributed by atoms with Gasteiger partial charge in [0, 0.05) is 22.5 Å². The van der Waals surface area contributed by atoms with Crippen molar-refractivity contribution in [1.82, 2.24) is 0 Å². The molecule has 0 atom stereocenters. The Bertz CT molecular complexity index is 2530. The summed E-state index contributed by atoms with van der Waals surface area (Å²) in [6, 6.07) is 63.7. The highest BCUT2D eigenvalue weighted by molar-refractivity contribution is 5.94. The van der Waals surface area contributed by atoms with E-state index in [1.165, 1.54) is 111 Å². The van der Waals surface area contributed by atoms with Gasteiger partial charge < -0.3 is 4.90 Å². The van der Waals surface area contributed by atoms with Crippen LogP contribution in [0.1, 0.15) is 69.1 Å². The van der Waals surface area contributed by atoms with Crippen LogP contribution in [0.15, 0.2) is 170 Å². The summed E-state index contributed by atoms with van der Waals surface area (Å²) in [6.45, 7) is 4.81. The molecule has 0 spiro atoms. The quantitative estimate of drug-likeness (QED) is 0.158. The number of hydrogen-bond donors (Lipinski definition) is 0.